The standard InChI is InChI=1S/C11H14ClNO3/c1-6(14)8-3-4-10(9(12)5-8)16-7(2)11(13)15/h3-7,14H,1-2H3,(H2,13,15)/t6-,7?/m0/s1. The number of benzene rings is 1. The molecule has 3 N–H and O–H groups in total. The molecule has 0 fully saturated rings. The van der Waals surface area contributed by atoms with Crippen LogP contribution < -0.4 is 10.5 Å². The van der Waals surface area contributed by atoms with Crippen LogP contribution in [-0.2, 0) is 4.79 Å². The number of hydrogen-bond acceptors (Lipinski definition) is 3. The summed E-state index contributed by atoms with van der Waals surface area (Å²) in [5.41, 5.74) is 5.75. The predicted molar refractivity (Wildman–Crippen MR) is 61.4 cm³/mol. The normalized spacial score (nSPS) is 14.2. The highest BCUT2D eigenvalue weighted by Gasteiger charge is 2.13. The molecule has 0 saturated heterocycles. The van der Waals surface area contributed by atoms with Crippen LogP contribution in [0.5, 0.6) is 5.75 Å². The molecule has 0 saturated carbocycles. The highest BCUT2D eigenvalue weighted by atomic mass is 35.5. The van der Waals surface area contributed by atoms with Gasteiger partial charge in [0.1, 0.15) is 5.75 Å². The van der Waals surface area contributed by atoms with E-state index >= 15 is 0 Å². The smallest absolute Gasteiger partial charge is 0.258 e. The zero-order valence-electron chi connectivity index (χ0n) is 9.11. The van der Waals surface area contributed by atoms with E-state index < -0.39 is 18.1 Å². The minimum Gasteiger partial charge on any atom is -0.479 e. The first-order valence-electron chi connectivity index (χ1n) is 4.85. The molecule has 0 spiro atoms. The summed E-state index contributed by atoms with van der Waals surface area (Å²) in [4.78, 5) is 10.8. The second-order valence-electron chi connectivity index (χ2n) is 3.53. The molecule has 0 aliphatic rings. The first-order chi connectivity index (χ1) is 7.41. The number of carbonyl (C=O) groups excluding carboxylic acids is 1. The number of ether oxygens (including phenoxy) is 1. The molecule has 88 valence electrons. The number of aliphatic hydroxyl groups is 1. The van der Waals surface area contributed by atoms with Gasteiger partial charge in [-0.05, 0) is 31.5 Å². The van der Waals surface area contributed by atoms with E-state index in [0.29, 0.717) is 16.3 Å². The van der Waals surface area contributed by atoms with Crippen LogP contribution in [0.1, 0.15) is 25.5 Å². The lowest BCUT2D eigenvalue weighted by Gasteiger charge is -2.14. The Kier molecular flexibility index (Phi) is 4.15. The summed E-state index contributed by atoms with van der Waals surface area (Å²) in [5, 5.41) is 9.67. The van der Waals surface area contributed by atoms with Gasteiger partial charge in [0.2, 0.25) is 0 Å². The van der Waals surface area contributed by atoms with E-state index in [1.54, 1.807) is 32.0 Å². The SMILES string of the molecule is CC(Oc1ccc([C@H](C)O)cc1Cl)C(N)=O. The first kappa shape index (κ1) is 12.8. The fourth-order valence-corrected chi connectivity index (χ4v) is 1.35. The highest BCUT2D eigenvalue weighted by Crippen LogP contribution is 2.28. The van der Waals surface area contributed by atoms with Crippen molar-refractivity contribution >= 4 is 17.5 Å². The van der Waals surface area contributed by atoms with Crippen LogP contribution >= 0.6 is 11.6 Å². The fraction of sp³-hybridized carbons (Fsp3) is 0.364. The fourth-order valence-electron chi connectivity index (χ4n) is 1.12. The van der Waals surface area contributed by atoms with Crippen LogP contribution in [0.3, 0.4) is 0 Å². The molecule has 5 heteroatoms. The van der Waals surface area contributed by atoms with E-state index in [1.165, 1.54) is 0 Å². The van der Waals surface area contributed by atoms with Gasteiger partial charge in [-0.25, -0.2) is 0 Å². The molecule has 1 amide bonds. The third-order valence-electron chi connectivity index (χ3n) is 2.14. The van der Waals surface area contributed by atoms with Crippen molar-refractivity contribution in [2.45, 2.75) is 26.1 Å². The largest absolute Gasteiger partial charge is 0.479 e. The van der Waals surface area contributed by atoms with Gasteiger partial charge in [0.25, 0.3) is 5.91 Å². The zero-order valence-corrected chi connectivity index (χ0v) is 9.86. The van der Waals surface area contributed by atoms with Crippen molar-refractivity contribution in [1.29, 1.82) is 0 Å². The van der Waals surface area contributed by atoms with E-state index in [-0.39, 0.29) is 0 Å². The van der Waals surface area contributed by atoms with E-state index in [2.05, 4.69) is 0 Å². The lowest BCUT2D eigenvalue weighted by molar-refractivity contribution is -0.123. The maximum absolute atomic E-state index is 10.8. The van der Waals surface area contributed by atoms with E-state index in [9.17, 15) is 9.90 Å². The summed E-state index contributed by atoms with van der Waals surface area (Å²) in [6.45, 7) is 3.18. The number of halogens is 1. The summed E-state index contributed by atoms with van der Waals surface area (Å²) in [6.07, 6.45) is -1.34. The highest BCUT2D eigenvalue weighted by molar-refractivity contribution is 6.32. The monoisotopic (exact) mass is 243 g/mol. The molecule has 4 nitrogen and oxygen atoms in total. The van der Waals surface area contributed by atoms with Gasteiger partial charge >= 0.3 is 0 Å². The van der Waals surface area contributed by atoms with Gasteiger partial charge in [-0.3, -0.25) is 4.79 Å². The Bertz CT molecular complexity index is 393. The average Bonchev–Trinajstić information content (AvgIpc) is 2.20. The Balaban J connectivity index is 2.87. The number of amides is 1. The third kappa shape index (κ3) is 3.12. The summed E-state index contributed by atoms with van der Waals surface area (Å²) in [7, 11) is 0. The third-order valence-corrected chi connectivity index (χ3v) is 2.44. The van der Waals surface area contributed by atoms with Crippen LogP contribution in [0.25, 0.3) is 0 Å². The van der Waals surface area contributed by atoms with Gasteiger partial charge in [0.05, 0.1) is 11.1 Å². The number of nitrogens with two attached hydrogens (primary N) is 1. The molecule has 0 aromatic heterocycles. The number of hydrogen-bond donors (Lipinski definition) is 2. The van der Waals surface area contributed by atoms with Crippen LogP contribution in [0, 0.1) is 0 Å². The van der Waals surface area contributed by atoms with Gasteiger partial charge in [0.15, 0.2) is 6.10 Å². The Hall–Kier alpha value is -1.26. The van der Waals surface area contributed by atoms with E-state index in [4.69, 9.17) is 22.1 Å². The van der Waals surface area contributed by atoms with Crippen molar-refractivity contribution in [3.8, 4) is 5.75 Å². The summed E-state index contributed by atoms with van der Waals surface area (Å²) >= 11 is 5.93. The molecule has 1 aromatic rings. The predicted octanol–water partition coefficient (Wildman–Crippen LogP) is 1.65. The number of rotatable bonds is 4. The van der Waals surface area contributed by atoms with Gasteiger partial charge in [0, 0.05) is 0 Å². The molecular formula is C11H14ClNO3. The minimum atomic E-state index is -0.741. The van der Waals surface area contributed by atoms with Gasteiger partial charge in [-0.15, -0.1) is 0 Å². The molecule has 1 aromatic carbocycles. The van der Waals surface area contributed by atoms with Crippen molar-refractivity contribution < 1.29 is 14.6 Å². The maximum Gasteiger partial charge on any atom is 0.258 e. The topological polar surface area (TPSA) is 72.6 Å². The molecule has 16 heavy (non-hydrogen) atoms. The van der Waals surface area contributed by atoms with Crippen molar-refractivity contribution in [3.05, 3.63) is 28.8 Å². The lowest BCUT2D eigenvalue weighted by Crippen LogP contribution is -2.30. The first-order valence-corrected chi connectivity index (χ1v) is 5.23. The van der Waals surface area contributed by atoms with Gasteiger partial charge < -0.3 is 15.6 Å². The number of primary amides is 1. The van der Waals surface area contributed by atoms with Crippen LogP contribution in [-0.4, -0.2) is 17.1 Å². The maximum atomic E-state index is 10.8. The van der Waals surface area contributed by atoms with Crippen molar-refractivity contribution in [1.82, 2.24) is 0 Å². The molecule has 0 heterocycles. The van der Waals surface area contributed by atoms with Gasteiger partial charge in [-0.2, -0.15) is 0 Å². The Morgan fingerprint density at radius 1 is 1.50 bits per heavy atom. The quantitative estimate of drug-likeness (QED) is 0.845. The molecule has 1 rings (SSSR count). The second kappa shape index (κ2) is 5.18. The summed E-state index contributed by atoms with van der Waals surface area (Å²) in [6, 6.07) is 4.87. The summed E-state index contributed by atoms with van der Waals surface area (Å²) < 4.78 is 5.25. The zero-order chi connectivity index (χ0) is 12.3. The molecular weight excluding hydrogens is 230 g/mol. The Labute approximate surface area is 99.0 Å². The number of aliphatic hydroxyl groups excluding tert-OH is 1. The van der Waals surface area contributed by atoms with Gasteiger partial charge in [-0.1, -0.05) is 17.7 Å². The molecule has 0 radical (unpaired) electrons. The second-order valence-corrected chi connectivity index (χ2v) is 3.94. The average molecular weight is 244 g/mol. The van der Waals surface area contributed by atoms with Crippen LogP contribution in [0.15, 0.2) is 18.2 Å². The van der Waals surface area contributed by atoms with Crippen molar-refractivity contribution in [2.75, 3.05) is 0 Å². The number of carbonyl (C=O) groups is 1. The summed E-state index contributed by atoms with van der Waals surface area (Å²) in [5.74, 6) is -0.187. The van der Waals surface area contributed by atoms with Crippen LogP contribution in [0.4, 0.5) is 0 Å². The lowest BCUT2D eigenvalue weighted by atomic mass is 10.1. The van der Waals surface area contributed by atoms with E-state index in [0.717, 1.165) is 0 Å². The van der Waals surface area contributed by atoms with Crippen LogP contribution in [0.2, 0.25) is 5.02 Å². The Morgan fingerprint density at radius 3 is 2.56 bits per heavy atom. The van der Waals surface area contributed by atoms with Crippen molar-refractivity contribution in [3.63, 3.8) is 0 Å². The minimum absolute atomic E-state index is 0.339. The molecule has 0 aliphatic heterocycles. The molecule has 2 atom stereocenters. The molecule has 1 unspecified atom stereocenters. The van der Waals surface area contributed by atoms with E-state index in [1.807, 2.05) is 0 Å². The molecule has 0 aliphatic carbocycles. The van der Waals surface area contributed by atoms with Crippen molar-refractivity contribution in [2.24, 2.45) is 5.73 Å². The molecule has 0 bridgehead atoms. The Morgan fingerprint density at radius 2 is 2.12 bits per heavy atom.